The number of aliphatic hydroxyl groups excluding tert-OH is 1. The minimum atomic E-state index is -4.52. The Balaban J connectivity index is 2.01. The largest absolute Gasteiger partial charge is 0.416 e. The third-order valence-corrected chi connectivity index (χ3v) is 3.57. The molecule has 0 aromatic heterocycles. The van der Waals surface area contributed by atoms with Crippen LogP contribution in [0.3, 0.4) is 0 Å². The number of aliphatic hydroxyl groups is 1. The van der Waals surface area contributed by atoms with Crippen LogP contribution in [0.4, 0.5) is 13.2 Å². The van der Waals surface area contributed by atoms with Gasteiger partial charge in [-0.1, -0.05) is 24.6 Å². The number of carbonyl (C=O) groups is 1. The fourth-order valence-electron chi connectivity index (χ4n) is 2.17. The SMILES string of the molecule is O=C(NCC(O)c1ccccc1C(F)(F)F)C1CCC1. The van der Waals surface area contributed by atoms with Gasteiger partial charge in [0.15, 0.2) is 0 Å². The maximum absolute atomic E-state index is 12.8. The molecule has 1 fully saturated rings. The van der Waals surface area contributed by atoms with Crippen molar-refractivity contribution in [1.82, 2.24) is 5.32 Å². The van der Waals surface area contributed by atoms with E-state index in [1.165, 1.54) is 18.2 Å². The van der Waals surface area contributed by atoms with Crippen LogP contribution in [0.25, 0.3) is 0 Å². The zero-order valence-corrected chi connectivity index (χ0v) is 10.8. The monoisotopic (exact) mass is 287 g/mol. The number of hydrogen-bond donors (Lipinski definition) is 2. The van der Waals surface area contributed by atoms with E-state index < -0.39 is 17.8 Å². The van der Waals surface area contributed by atoms with Gasteiger partial charge in [0.25, 0.3) is 0 Å². The van der Waals surface area contributed by atoms with Crippen molar-refractivity contribution in [1.29, 1.82) is 0 Å². The minimum absolute atomic E-state index is 0.0555. The van der Waals surface area contributed by atoms with Crippen LogP contribution in [-0.2, 0) is 11.0 Å². The molecule has 1 atom stereocenters. The molecular weight excluding hydrogens is 271 g/mol. The van der Waals surface area contributed by atoms with Gasteiger partial charge in [0.1, 0.15) is 0 Å². The van der Waals surface area contributed by atoms with Crippen molar-refractivity contribution in [3.63, 3.8) is 0 Å². The summed E-state index contributed by atoms with van der Waals surface area (Å²) in [6, 6.07) is 4.85. The lowest BCUT2D eigenvalue weighted by molar-refractivity contribution is -0.139. The number of halogens is 3. The maximum atomic E-state index is 12.8. The Labute approximate surface area is 114 Å². The van der Waals surface area contributed by atoms with Gasteiger partial charge in [0.05, 0.1) is 11.7 Å². The van der Waals surface area contributed by atoms with E-state index in [1.54, 1.807) is 0 Å². The molecule has 0 aliphatic heterocycles. The van der Waals surface area contributed by atoms with Crippen LogP contribution in [-0.4, -0.2) is 17.6 Å². The second kappa shape index (κ2) is 5.83. The molecule has 0 radical (unpaired) electrons. The van der Waals surface area contributed by atoms with Gasteiger partial charge >= 0.3 is 6.18 Å². The molecule has 6 heteroatoms. The fraction of sp³-hybridized carbons (Fsp3) is 0.500. The van der Waals surface area contributed by atoms with Gasteiger partial charge in [-0.3, -0.25) is 4.79 Å². The summed E-state index contributed by atoms with van der Waals surface area (Å²) >= 11 is 0. The van der Waals surface area contributed by atoms with Gasteiger partial charge in [-0.15, -0.1) is 0 Å². The lowest BCUT2D eigenvalue weighted by atomic mass is 9.85. The minimum Gasteiger partial charge on any atom is -0.387 e. The van der Waals surface area contributed by atoms with Crippen molar-refractivity contribution in [3.05, 3.63) is 35.4 Å². The van der Waals surface area contributed by atoms with Crippen molar-refractivity contribution in [2.75, 3.05) is 6.54 Å². The number of hydrogen-bond acceptors (Lipinski definition) is 2. The highest BCUT2D eigenvalue weighted by Gasteiger charge is 2.34. The van der Waals surface area contributed by atoms with E-state index in [0.29, 0.717) is 0 Å². The first-order valence-electron chi connectivity index (χ1n) is 6.51. The molecule has 1 amide bonds. The number of rotatable bonds is 4. The van der Waals surface area contributed by atoms with Crippen LogP contribution in [0.5, 0.6) is 0 Å². The van der Waals surface area contributed by atoms with Crippen molar-refractivity contribution in [2.24, 2.45) is 5.92 Å². The molecule has 20 heavy (non-hydrogen) atoms. The first kappa shape index (κ1) is 14.8. The molecule has 0 saturated heterocycles. The molecule has 1 aromatic rings. The number of alkyl halides is 3. The van der Waals surface area contributed by atoms with E-state index in [-0.39, 0.29) is 23.9 Å². The van der Waals surface area contributed by atoms with Crippen LogP contribution in [0.1, 0.15) is 36.5 Å². The lowest BCUT2D eigenvalue weighted by Crippen LogP contribution is -2.37. The molecule has 3 nitrogen and oxygen atoms in total. The summed E-state index contributed by atoms with van der Waals surface area (Å²) in [5.74, 6) is -0.250. The standard InChI is InChI=1S/C14H16F3NO2/c15-14(16,17)11-7-2-1-6-10(11)12(19)8-18-13(20)9-4-3-5-9/h1-2,6-7,9,12,19H,3-5,8H2,(H,18,20). The third-order valence-electron chi connectivity index (χ3n) is 3.57. The van der Waals surface area contributed by atoms with Gasteiger partial charge in [0.2, 0.25) is 5.91 Å². The molecule has 2 N–H and O–H groups in total. The molecule has 0 bridgehead atoms. The highest BCUT2D eigenvalue weighted by molar-refractivity contribution is 5.79. The topological polar surface area (TPSA) is 49.3 Å². The highest BCUT2D eigenvalue weighted by atomic mass is 19.4. The Bertz CT molecular complexity index is 484. The normalized spacial score (nSPS) is 17.4. The number of carbonyl (C=O) groups excluding carboxylic acids is 1. The highest BCUT2D eigenvalue weighted by Crippen LogP contribution is 2.34. The summed E-state index contributed by atoms with van der Waals surface area (Å²) in [5, 5.41) is 12.4. The number of nitrogens with one attached hydrogen (secondary N) is 1. The Morgan fingerprint density at radius 1 is 1.35 bits per heavy atom. The van der Waals surface area contributed by atoms with Crippen LogP contribution < -0.4 is 5.32 Å². The summed E-state index contributed by atoms with van der Waals surface area (Å²) in [6.45, 7) is -0.206. The smallest absolute Gasteiger partial charge is 0.387 e. The van der Waals surface area contributed by atoms with Gasteiger partial charge in [-0.05, 0) is 24.5 Å². The van der Waals surface area contributed by atoms with Crippen molar-refractivity contribution >= 4 is 5.91 Å². The van der Waals surface area contributed by atoms with Gasteiger partial charge in [0, 0.05) is 12.5 Å². The van der Waals surface area contributed by atoms with Crippen molar-refractivity contribution < 1.29 is 23.1 Å². The molecular formula is C14H16F3NO2. The van der Waals surface area contributed by atoms with Crippen LogP contribution in [0, 0.1) is 5.92 Å². The van der Waals surface area contributed by atoms with E-state index in [1.807, 2.05) is 0 Å². The van der Waals surface area contributed by atoms with E-state index in [0.717, 1.165) is 25.3 Å². The van der Waals surface area contributed by atoms with E-state index in [2.05, 4.69) is 5.32 Å². The first-order valence-corrected chi connectivity index (χ1v) is 6.51. The van der Waals surface area contributed by atoms with Crippen LogP contribution >= 0.6 is 0 Å². The maximum Gasteiger partial charge on any atom is 0.416 e. The zero-order valence-electron chi connectivity index (χ0n) is 10.8. The molecule has 0 heterocycles. The molecule has 1 aliphatic rings. The van der Waals surface area contributed by atoms with E-state index >= 15 is 0 Å². The summed E-state index contributed by atoms with van der Waals surface area (Å²) in [5.41, 5.74) is -1.08. The molecule has 1 saturated carbocycles. The Kier molecular flexibility index (Phi) is 4.32. The summed E-state index contributed by atoms with van der Waals surface area (Å²) in [4.78, 5) is 11.6. The molecule has 0 spiro atoms. The number of benzene rings is 1. The first-order chi connectivity index (χ1) is 9.39. The van der Waals surface area contributed by atoms with Crippen molar-refractivity contribution in [2.45, 2.75) is 31.5 Å². The molecule has 110 valence electrons. The second-order valence-electron chi connectivity index (χ2n) is 4.97. The van der Waals surface area contributed by atoms with Gasteiger partial charge in [-0.25, -0.2) is 0 Å². The zero-order chi connectivity index (χ0) is 14.8. The Morgan fingerprint density at radius 2 is 2.00 bits per heavy atom. The Morgan fingerprint density at radius 3 is 2.55 bits per heavy atom. The van der Waals surface area contributed by atoms with Crippen LogP contribution in [0.15, 0.2) is 24.3 Å². The predicted octanol–water partition coefficient (Wildman–Crippen LogP) is 2.66. The van der Waals surface area contributed by atoms with Gasteiger partial charge in [-0.2, -0.15) is 13.2 Å². The van der Waals surface area contributed by atoms with E-state index in [9.17, 15) is 23.1 Å². The molecule has 1 aromatic carbocycles. The second-order valence-corrected chi connectivity index (χ2v) is 4.97. The summed E-state index contributed by atoms with van der Waals surface area (Å²) < 4.78 is 38.4. The molecule has 1 aliphatic carbocycles. The van der Waals surface area contributed by atoms with E-state index in [4.69, 9.17) is 0 Å². The van der Waals surface area contributed by atoms with Gasteiger partial charge < -0.3 is 10.4 Å². The average Bonchev–Trinajstić information content (AvgIpc) is 2.33. The number of amides is 1. The predicted molar refractivity (Wildman–Crippen MR) is 66.8 cm³/mol. The summed E-state index contributed by atoms with van der Waals surface area (Å²) in [7, 11) is 0. The molecule has 1 unspecified atom stereocenters. The average molecular weight is 287 g/mol. The Hall–Kier alpha value is -1.56. The third kappa shape index (κ3) is 3.30. The van der Waals surface area contributed by atoms with Crippen LogP contribution in [0.2, 0.25) is 0 Å². The fourth-order valence-corrected chi connectivity index (χ4v) is 2.17. The quantitative estimate of drug-likeness (QED) is 0.894. The lowest BCUT2D eigenvalue weighted by Gasteiger charge is -2.25. The molecule has 2 rings (SSSR count). The summed E-state index contributed by atoms with van der Waals surface area (Å²) in [6.07, 6.45) is -3.27. The van der Waals surface area contributed by atoms with Crippen molar-refractivity contribution in [3.8, 4) is 0 Å².